The van der Waals surface area contributed by atoms with Gasteiger partial charge in [0.1, 0.15) is 17.0 Å². The number of nitrogens with zero attached hydrogens (tertiary/aromatic N) is 4. The standard InChI is InChI=1S/C22H19FN6O2/c1-13-9-24-22(31)19-18(23)16-7-8-17(27-20(16)29(13)19)21(30)26-15-10-25-28(12-15)11-14-5-3-2-4-6-14/h2-8,10,12-13H,9,11H2,1H3,(H,24,31)(H,26,30). The molecule has 0 fully saturated rings. The van der Waals surface area contributed by atoms with Crippen LogP contribution < -0.4 is 10.6 Å². The lowest BCUT2D eigenvalue weighted by Gasteiger charge is -2.23. The normalized spacial score (nSPS) is 15.5. The molecule has 4 heterocycles. The molecule has 3 aromatic heterocycles. The molecule has 0 saturated heterocycles. The molecule has 2 N–H and O–H groups in total. The Hall–Kier alpha value is -4.01. The molecule has 0 saturated carbocycles. The van der Waals surface area contributed by atoms with Crippen LogP contribution in [-0.4, -0.2) is 37.7 Å². The Bertz CT molecular complexity index is 1310. The summed E-state index contributed by atoms with van der Waals surface area (Å²) in [5.74, 6) is -1.55. The van der Waals surface area contributed by atoms with Crippen LogP contribution in [0.5, 0.6) is 0 Å². The van der Waals surface area contributed by atoms with E-state index in [0.29, 0.717) is 18.8 Å². The van der Waals surface area contributed by atoms with Crippen LogP contribution >= 0.6 is 0 Å². The Morgan fingerprint density at radius 2 is 2.06 bits per heavy atom. The quantitative estimate of drug-likeness (QED) is 0.533. The largest absolute Gasteiger partial charge is 0.349 e. The molecule has 31 heavy (non-hydrogen) atoms. The smallest absolute Gasteiger partial charge is 0.274 e. The van der Waals surface area contributed by atoms with Gasteiger partial charge >= 0.3 is 0 Å². The van der Waals surface area contributed by atoms with Crippen LogP contribution in [0.25, 0.3) is 11.0 Å². The first-order chi connectivity index (χ1) is 15.0. The Balaban J connectivity index is 1.41. The highest BCUT2D eigenvalue weighted by Crippen LogP contribution is 2.29. The molecule has 4 aromatic rings. The maximum Gasteiger partial charge on any atom is 0.274 e. The van der Waals surface area contributed by atoms with Gasteiger partial charge in [0.15, 0.2) is 5.82 Å². The lowest BCUT2D eigenvalue weighted by atomic mass is 10.2. The lowest BCUT2D eigenvalue weighted by Crippen LogP contribution is -2.38. The molecule has 1 atom stereocenters. The molecule has 0 radical (unpaired) electrons. The first kappa shape index (κ1) is 19.0. The number of pyridine rings is 1. The highest BCUT2D eigenvalue weighted by molar-refractivity contribution is 6.05. The van der Waals surface area contributed by atoms with Gasteiger partial charge < -0.3 is 15.2 Å². The van der Waals surface area contributed by atoms with Gasteiger partial charge in [-0.2, -0.15) is 5.10 Å². The van der Waals surface area contributed by atoms with Crippen molar-refractivity contribution in [1.29, 1.82) is 0 Å². The molecule has 0 bridgehead atoms. The van der Waals surface area contributed by atoms with Crippen LogP contribution in [0.1, 0.15) is 39.5 Å². The zero-order chi connectivity index (χ0) is 21.5. The minimum atomic E-state index is -0.624. The van der Waals surface area contributed by atoms with Gasteiger partial charge in [-0.1, -0.05) is 30.3 Å². The minimum absolute atomic E-state index is 0.0546. The maximum absolute atomic E-state index is 14.8. The number of carbonyl (C=O) groups is 2. The Morgan fingerprint density at radius 3 is 2.87 bits per heavy atom. The van der Waals surface area contributed by atoms with E-state index in [0.717, 1.165) is 5.56 Å². The summed E-state index contributed by atoms with van der Waals surface area (Å²) in [6.45, 7) is 2.81. The molecule has 1 aromatic carbocycles. The van der Waals surface area contributed by atoms with Gasteiger partial charge in [0, 0.05) is 12.7 Å². The fraction of sp³-hybridized carbons (Fsp3) is 0.182. The number of anilines is 1. The molecule has 5 rings (SSSR count). The highest BCUT2D eigenvalue weighted by Gasteiger charge is 2.31. The molecule has 2 amide bonds. The van der Waals surface area contributed by atoms with E-state index in [2.05, 4.69) is 20.7 Å². The summed E-state index contributed by atoms with van der Waals surface area (Å²) in [5, 5.41) is 9.92. The second-order valence-corrected chi connectivity index (χ2v) is 7.53. The average molecular weight is 418 g/mol. The highest BCUT2D eigenvalue weighted by atomic mass is 19.1. The molecule has 1 unspecified atom stereocenters. The predicted octanol–water partition coefficient (Wildman–Crippen LogP) is 2.98. The number of amides is 2. The van der Waals surface area contributed by atoms with E-state index in [1.165, 1.54) is 12.1 Å². The van der Waals surface area contributed by atoms with Crippen LogP contribution in [0.2, 0.25) is 0 Å². The van der Waals surface area contributed by atoms with Crippen LogP contribution in [0.15, 0.2) is 54.9 Å². The van der Waals surface area contributed by atoms with Crippen molar-refractivity contribution in [3.8, 4) is 0 Å². The fourth-order valence-corrected chi connectivity index (χ4v) is 3.80. The molecule has 1 aliphatic rings. The maximum atomic E-state index is 14.8. The number of rotatable bonds is 4. The zero-order valence-corrected chi connectivity index (χ0v) is 16.7. The van der Waals surface area contributed by atoms with Crippen molar-refractivity contribution in [1.82, 2.24) is 24.6 Å². The monoisotopic (exact) mass is 418 g/mol. The van der Waals surface area contributed by atoms with Crippen LogP contribution in [-0.2, 0) is 6.54 Å². The van der Waals surface area contributed by atoms with Gasteiger partial charge in [-0.15, -0.1) is 0 Å². The van der Waals surface area contributed by atoms with Gasteiger partial charge in [-0.05, 0) is 24.6 Å². The van der Waals surface area contributed by atoms with Gasteiger partial charge in [0.05, 0.1) is 29.9 Å². The first-order valence-electron chi connectivity index (χ1n) is 9.87. The third-order valence-corrected chi connectivity index (χ3v) is 5.31. The second-order valence-electron chi connectivity index (χ2n) is 7.53. The number of aromatic nitrogens is 4. The van der Waals surface area contributed by atoms with Crippen molar-refractivity contribution >= 4 is 28.5 Å². The lowest BCUT2D eigenvalue weighted by molar-refractivity contribution is 0.0913. The van der Waals surface area contributed by atoms with E-state index >= 15 is 0 Å². The number of hydrogen-bond donors (Lipinski definition) is 2. The predicted molar refractivity (Wildman–Crippen MR) is 112 cm³/mol. The number of fused-ring (bicyclic) bond motifs is 3. The van der Waals surface area contributed by atoms with E-state index < -0.39 is 17.6 Å². The summed E-state index contributed by atoms with van der Waals surface area (Å²) in [6.07, 6.45) is 3.29. The first-order valence-corrected chi connectivity index (χ1v) is 9.87. The average Bonchev–Trinajstić information content (AvgIpc) is 3.33. The van der Waals surface area contributed by atoms with E-state index in [-0.39, 0.29) is 28.5 Å². The molecule has 0 aliphatic carbocycles. The van der Waals surface area contributed by atoms with Crippen LogP contribution in [0, 0.1) is 5.82 Å². The van der Waals surface area contributed by atoms with Crippen molar-refractivity contribution in [2.75, 3.05) is 11.9 Å². The second kappa shape index (κ2) is 7.35. The van der Waals surface area contributed by atoms with Gasteiger partial charge in [-0.25, -0.2) is 9.37 Å². The molecule has 8 nitrogen and oxygen atoms in total. The van der Waals surface area contributed by atoms with E-state index in [4.69, 9.17) is 0 Å². The van der Waals surface area contributed by atoms with Crippen LogP contribution in [0.3, 0.4) is 0 Å². The zero-order valence-electron chi connectivity index (χ0n) is 16.7. The Morgan fingerprint density at radius 1 is 1.26 bits per heavy atom. The van der Waals surface area contributed by atoms with Gasteiger partial charge in [0.25, 0.3) is 11.8 Å². The SMILES string of the molecule is CC1CNC(=O)c2c(F)c3ccc(C(=O)Nc4cnn(Cc5ccccc5)c4)nc3n21. The molecule has 1 aliphatic heterocycles. The van der Waals surface area contributed by atoms with Crippen molar-refractivity contribution in [3.63, 3.8) is 0 Å². The van der Waals surface area contributed by atoms with Gasteiger partial charge in [0.2, 0.25) is 0 Å². The molecular weight excluding hydrogens is 399 g/mol. The topological polar surface area (TPSA) is 93.8 Å². The summed E-state index contributed by atoms with van der Waals surface area (Å²) in [6, 6.07) is 12.6. The summed E-state index contributed by atoms with van der Waals surface area (Å²) >= 11 is 0. The van der Waals surface area contributed by atoms with E-state index in [9.17, 15) is 14.0 Å². The van der Waals surface area contributed by atoms with Gasteiger partial charge in [-0.3, -0.25) is 14.3 Å². The van der Waals surface area contributed by atoms with Crippen molar-refractivity contribution in [3.05, 3.63) is 77.6 Å². The summed E-state index contributed by atoms with van der Waals surface area (Å²) < 4.78 is 18.0. The van der Waals surface area contributed by atoms with Crippen LogP contribution in [0.4, 0.5) is 10.1 Å². The summed E-state index contributed by atoms with van der Waals surface area (Å²) in [7, 11) is 0. The summed E-state index contributed by atoms with van der Waals surface area (Å²) in [5.41, 5.74) is 1.97. The third-order valence-electron chi connectivity index (χ3n) is 5.31. The van der Waals surface area contributed by atoms with Crippen molar-refractivity contribution in [2.24, 2.45) is 0 Å². The number of nitrogens with one attached hydrogen (secondary N) is 2. The molecule has 156 valence electrons. The van der Waals surface area contributed by atoms with Crippen molar-refractivity contribution < 1.29 is 14.0 Å². The van der Waals surface area contributed by atoms with E-state index in [1.807, 2.05) is 37.3 Å². The summed E-state index contributed by atoms with van der Waals surface area (Å²) in [4.78, 5) is 29.2. The molecule has 9 heteroatoms. The number of halogens is 1. The van der Waals surface area contributed by atoms with E-state index in [1.54, 1.807) is 21.6 Å². The fourth-order valence-electron chi connectivity index (χ4n) is 3.80. The Labute approximate surface area is 176 Å². The molecular formula is C22H19FN6O2. The number of hydrogen-bond acceptors (Lipinski definition) is 4. The number of benzene rings is 1. The number of carbonyl (C=O) groups excluding carboxylic acids is 2. The molecule has 0 spiro atoms. The minimum Gasteiger partial charge on any atom is -0.349 e. The van der Waals surface area contributed by atoms with Crippen molar-refractivity contribution in [2.45, 2.75) is 19.5 Å². The Kier molecular flexibility index (Phi) is 4.50. The third kappa shape index (κ3) is 3.33.